The molecule has 0 saturated heterocycles. The topological polar surface area (TPSA) is 60.4 Å². The molecule has 2 aliphatic carbocycles. The van der Waals surface area contributed by atoms with E-state index in [0.29, 0.717) is 37.9 Å². The molecule has 0 amide bonds. The average Bonchev–Trinajstić information content (AvgIpc) is 2.68. The first-order valence-corrected chi connectivity index (χ1v) is 8.04. The zero-order chi connectivity index (χ0) is 16.3. The Hall–Kier alpha value is -1.45. The van der Waals surface area contributed by atoms with Crippen LogP contribution in [0.2, 0.25) is 0 Å². The highest BCUT2D eigenvalue weighted by molar-refractivity contribution is 6.08. The lowest BCUT2D eigenvalue weighted by Crippen LogP contribution is -2.43. The predicted octanol–water partition coefficient (Wildman–Crippen LogP) is 2.85. The Bertz CT molecular complexity index is 574. The van der Waals surface area contributed by atoms with Gasteiger partial charge in [-0.05, 0) is 10.8 Å². The van der Waals surface area contributed by atoms with Crippen molar-refractivity contribution in [1.29, 1.82) is 0 Å². The lowest BCUT2D eigenvalue weighted by Gasteiger charge is -2.35. The second-order valence-corrected chi connectivity index (χ2v) is 8.62. The number of hydrogen-bond acceptors (Lipinski definition) is 4. The van der Waals surface area contributed by atoms with E-state index in [4.69, 9.17) is 4.74 Å². The molecule has 4 nitrogen and oxygen atoms in total. The normalized spacial score (nSPS) is 31.3. The molecule has 22 heavy (non-hydrogen) atoms. The maximum absolute atomic E-state index is 12.5. The third kappa shape index (κ3) is 2.53. The molecule has 0 bridgehead atoms. The van der Waals surface area contributed by atoms with Gasteiger partial charge >= 0.3 is 0 Å². The minimum atomic E-state index is -0.675. The molecule has 120 valence electrons. The smallest absolute Gasteiger partial charge is 0.163 e. The van der Waals surface area contributed by atoms with Crippen molar-refractivity contribution in [3.05, 3.63) is 11.3 Å². The van der Waals surface area contributed by atoms with Crippen molar-refractivity contribution >= 4 is 17.3 Å². The third-order valence-corrected chi connectivity index (χ3v) is 5.09. The fraction of sp³-hybridized carbons (Fsp3) is 0.722. The summed E-state index contributed by atoms with van der Waals surface area (Å²) in [5.41, 5.74) is 0.263. The Labute approximate surface area is 131 Å². The van der Waals surface area contributed by atoms with Gasteiger partial charge in [0.2, 0.25) is 0 Å². The molecule has 0 spiro atoms. The number of Topliss-reactive ketones (excluding diaryl/α,β-unsaturated/α-hetero) is 3. The average molecular weight is 304 g/mol. The third-order valence-electron chi connectivity index (χ3n) is 5.09. The van der Waals surface area contributed by atoms with E-state index in [0.717, 1.165) is 5.76 Å². The Balaban J connectivity index is 1.91. The second kappa shape index (κ2) is 4.77. The molecule has 0 radical (unpaired) electrons. The maximum atomic E-state index is 12.5. The number of carbonyl (C=O) groups excluding carboxylic acids is 3. The number of ether oxygens (including phenoxy) is 1. The maximum Gasteiger partial charge on any atom is 0.163 e. The summed E-state index contributed by atoms with van der Waals surface area (Å²) in [5.74, 6) is -0.307. The minimum Gasteiger partial charge on any atom is -0.497 e. The van der Waals surface area contributed by atoms with Crippen LogP contribution in [0.3, 0.4) is 0 Å². The molecule has 3 aliphatic rings. The molecule has 0 N–H and O–H groups in total. The monoisotopic (exact) mass is 304 g/mol. The van der Waals surface area contributed by atoms with Gasteiger partial charge in [-0.25, -0.2) is 0 Å². The van der Waals surface area contributed by atoms with E-state index in [9.17, 15) is 14.4 Å². The van der Waals surface area contributed by atoms with E-state index in [2.05, 4.69) is 0 Å². The number of rotatable bonds is 1. The van der Waals surface area contributed by atoms with Gasteiger partial charge in [0.15, 0.2) is 5.78 Å². The lowest BCUT2D eigenvalue weighted by molar-refractivity contribution is -0.141. The van der Waals surface area contributed by atoms with Gasteiger partial charge in [0.25, 0.3) is 0 Å². The summed E-state index contributed by atoms with van der Waals surface area (Å²) >= 11 is 0. The van der Waals surface area contributed by atoms with Crippen molar-refractivity contribution in [3.8, 4) is 0 Å². The van der Waals surface area contributed by atoms with E-state index in [-0.39, 0.29) is 34.1 Å². The van der Waals surface area contributed by atoms with Gasteiger partial charge in [-0.1, -0.05) is 27.7 Å². The first-order chi connectivity index (χ1) is 10.1. The van der Waals surface area contributed by atoms with Crippen LogP contribution in [0.25, 0.3) is 0 Å². The number of ketones is 3. The molecule has 0 aromatic carbocycles. The molecule has 3 rings (SSSR count). The SMILES string of the molecule is CC1(C)CC(=O)C([C@@H]2COC3=C2C(=O)CC(C)(C)C3)C(=O)C1. The van der Waals surface area contributed by atoms with Crippen molar-refractivity contribution < 1.29 is 19.1 Å². The van der Waals surface area contributed by atoms with E-state index in [1.165, 1.54) is 0 Å². The van der Waals surface area contributed by atoms with Gasteiger partial charge in [-0.15, -0.1) is 0 Å². The first kappa shape index (κ1) is 15.4. The van der Waals surface area contributed by atoms with Crippen molar-refractivity contribution in [2.75, 3.05) is 6.61 Å². The van der Waals surface area contributed by atoms with Crippen LogP contribution >= 0.6 is 0 Å². The Morgan fingerprint density at radius 1 is 0.864 bits per heavy atom. The van der Waals surface area contributed by atoms with Gasteiger partial charge < -0.3 is 4.74 Å². The fourth-order valence-electron chi connectivity index (χ4n) is 4.21. The zero-order valence-electron chi connectivity index (χ0n) is 13.8. The van der Waals surface area contributed by atoms with Crippen molar-refractivity contribution in [2.45, 2.75) is 53.4 Å². The molecular formula is C18H24O4. The van der Waals surface area contributed by atoms with Gasteiger partial charge in [-0.2, -0.15) is 0 Å². The zero-order valence-corrected chi connectivity index (χ0v) is 13.8. The molecule has 1 saturated carbocycles. The molecule has 0 aromatic heterocycles. The lowest BCUT2D eigenvalue weighted by atomic mass is 9.65. The van der Waals surface area contributed by atoms with Crippen LogP contribution in [0.5, 0.6) is 0 Å². The van der Waals surface area contributed by atoms with Crippen LogP contribution in [-0.4, -0.2) is 24.0 Å². The number of carbonyl (C=O) groups is 3. The number of allylic oxidation sites excluding steroid dienone is 1. The summed E-state index contributed by atoms with van der Waals surface area (Å²) in [6.45, 7) is 8.29. The van der Waals surface area contributed by atoms with E-state index in [1.54, 1.807) is 0 Å². The van der Waals surface area contributed by atoms with E-state index in [1.807, 2.05) is 27.7 Å². The molecule has 1 heterocycles. The molecule has 1 fully saturated rings. The van der Waals surface area contributed by atoms with Crippen LogP contribution in [0, 0.1) is 22.7 Å². The summed E-state index contributed by atoms with van der Waals surface area (Å²) < 4.78 is 5.73. The second-order valence-electron chi connectivity index (χ2n) is 8.62. The van der Waals surface area contributed by atoms with Gasteiger partial charge in [0.1, 0.15) is 17.3 Å². The van der Waals surface area contributed by atoms with Crippen molar-refractivity contribution in [2.24, 2.45) is 22.7 Å². The quantitative estimate of drug-likeness (QED) is 0.699. The highest BCUT2D eigenvalue weighted by Gasteiger charge is 2.50. The standard InChI is InChI=1S/C18H24O4/c1-17(2)5-11(19)15(12(20)6-17)10-9-22-14-8-18(3,4)7-13(21)16(10)14/h10,15H,5-9H2,1-4H3/t10-/m0/s1. The van der Waals surface area contributed by atoms with Crippen molar-refractivity contribution in [3.63, 3.8) is 0 Å². The molecule has 0 unspecified atom stereocenters. The van der Waals surface area contributed by atoms with Crippen LogP contribution in [-0.2, 0) is 19.1 Å². The molecule has 1 atom stereocenters. The van der Waals surface area contributed by atoms with Crippen LogP contribution in [0.4, 0.5) is 0 Å². The summed E-state index contributed by atoms with van der Waals surface area (Å²) in [6.07, 6.45) is 1.99. The summed E-state index contributed by atoms with van der Waals surface area (Å²) in [6, 6.07) is 0. The highest BCUT2D eigenvalue weighted by atomic mass is 16.5. The predicted molar refractivity (Wildman–Crippen MR) is 81.0 cm³/mol. The van der Waals surface area contributed by atoms with Crippen LogP contribution in [0.15, 0.2) is 11.3 Å². The first-order valence-electron chi connectivity index (χ1n) is 8.04. The van der Waals surface area contributed by atoms with Gasteiger partial charge in [0.05, 0.1) is 12.5 Å². The minimum absolute atomic E-state index is 0.0266. The summed E-state index contributed by atoms with van der Waals surface area (Å²) in [4.78, 5) is 37.5. The Morgan fingerprint density at radius 3 is 2.00 bits per heavy atom. The van der Waals surface area contributed by atoms with E-state index < -0.39 is 5.92 Å². The highest BCUT2D eigenvalue weighted by Crippen LogP contribution is 2.47. The van der Waals surface area contributed by atoms with Gasteiger partial charge in [-0.3, -0.25) is 14.4 Å². The van der Waals surface area contributed by atoms with Crippen LogP contribution in [0.1, 0.15) is 53.4 Å². The Morgan fingerprint density at radius 2 is 1.41 bits per heavy atom. The summed E-state index contributed by atoms with van der Waals surface area (Å²) in [5, 5.41) is 0. The molecular weight excluding hydrogens is 280 g/mol. The molecule has 4 heteroatoms. The molecule has 0 aromatic rings. The fourth-order valence-corrected chi connectivity index (χ4v) is 4.21. The van der Waals surface area contributed by atoms with Crippen LogP contribution < -0.4 is 0 Å². The molecule has 1 aliphatic heterocycles. The largest absolute Gasteiger partial charge is 0.497 e. The van der Waals surface area contributed by atoms with Gasteiger partial charge in [0, 0.05) is 37.2 Å². The van der Waals surface area contributed by atoms with E-state index >= 15 is 0 Å². The number of hydrogen-bond donors (Lipinski definition) is 0. The Kier molecular flexibility index (Phi) is 3.35. The van der Waals surface area contributed by atoms with Crippen molar-refractivity contribution in [1.82, 2.24) is 0 Å². The summed E-state index contributed by atoms with van der Waals surface area (Å²) in [7, 11) is 0.